The fourth-order valence-corrected chi connectivity index (χ4v) is 4.42. The van der Waals surface area contributed by atoms with E-state index in [1.165, 1.54) is 11.1 Å². The van der Waals surface area contributed by atoms with Gasteiger partial charge in [-0.1, -0.05) is 65.6 Å². The largest absolute Gasteiger partial charge is 0.368 e. The third-order valence-corrected chi connectivity index (χ3v) is 6.31. The van der Waals surface area contributed by atoms with Crippen LogP contribution in [0.4, 0.5) is 5.69 Å². The van der Waals surface area contributed by atoms with E-state index in [1.807, 2.05) is 0 Å². The van der Waals surface area contributed by atoms with E-state index >= 15 is 0 Å². The van der Waals surface area contributed by atoms with Gasteiger partial charge in [-0.3, -0.25) is 4.90 Å². The molecule has 2 aromatic carbocycles. The second-order valence-electron chi connectivity index (χ2n) is 8.32. The van der Waals surface area contributed by atoms with E-state index in [0.29, 0.717) is 17.2 Å². The van der Waals surface area contributed by atoms with E-state index in [9.17, 15) is 0 Å². The van der Waals surface area contributed by atoms with Gasteiger partial charge in [0.25, 0.3) is 0 Å². The number of aromatic amines is 1. The van der Waals surface area contributed by atoms with Crippen molar-refractivity contribution in [2.24, 2.45) is 0 Å². The van der Waals surface area contributed by atoms with Crippen LogP contribution in [0.15, 0.2) is 60.8 Å². The van der Waals surface area contributed by atoms with Gasteiger partial charge in [-0.05, 0) is 19.4 Å². The monoisotopic (exact) mass is 407 g/mol. The van der Waals surface area contributed by atoms with Gasteiger partial charge in [0.05, 0.1) is 5.69 Å². The van der Waals surface area contributed by atoms with Crippen LogP contribution >= 0.6 is 0 Å². The standard InChI is InChI=1S/C25H26BN5/c1-17-8-10-20(11-9-17)24-28-22-23(21(26)16-27-25(22)29-24)31-14-12-30(13-15-31)18(2)19-6-4-3-5-7-19/h3-11,16,18H,12-15H2,1-2H3,(H,27,28,29). The van der Waals surface area contributed by atoms with Crippen LogP contribution in [0.2, 0.25) is 0 Å². The summed E-state index contributed by atoms with van der Waals surface area (Å²) < 4.78 is 0. The van der Waals surface area contributed by atoms with Gasteiger partial charge in [0.1, 0.15) is 19.2 Å². The second-order valence-corrected chi connectivity index (χ2v) is 8.32. The molecule has 2 aromatic heterocycles. The Morgan fingerprint density at radius 3 is 2.39 bits per heavy atom. The van der Waals surface area contributed by atoms with Crippen LogP contribution in [0.25, 0.3) is 22.6 Å². The number of imidazole rings is 1. The second kappa shape index (κ2) is 8.19. The summed E-state index contributed by atoms with van der Waals surface area (Å²) in [6, 6.07) is 19.5. The molecule has 0 spiro atoms. The van der Waals surface area contributed by atoms with Crippen molar-refractivity contribution in [3.8, 4) is 11.4 Å². The number of aromatic nitrogens is 3. The van der Waals surface area contributed by atoms with Crippen molar-refractivity contribution >= 4 is 30.2 Å². The number of hydrogen-bond donors (Lipinski definition) is 1. The molecule has 4 aromatic rings. The summed E-state index contributed by atoms with van der Waals surface area (Å²) in [5.41, 5.74) is 6.97. The van der Waals surface area contributed by atoms with Crippen LogP contribution in [-0.4, -0.2) is 53.9 Å². The van der Waals surface area contributed by atoms with Crippen molar-refractivity contribution in [2.75, 3.05) is 31.1 Å². The van der Waals surface area contributed by atoms with Crippen molar-refractivity contribution in [2.45, 2.75) is 19.9 Å². The molecular formula is C25H26BN5. The first-order valence-corrected chi connectivity index (χ1v) is 10.9. The highest BCUT2D eigenvalue weighted by Crippen LogP contribution is 2.28. The molecule has 6 heteroatoms. The summed E-state index contributed by atoms with van der Waals surface area (Å²) in [6.45, 7) is 8.17. The number of hydrogen-bond acceptors (Lipinski definition) is 4. The smallest absolute Gasteiger partial charge is 0.180 e. The van der Waals surface area contributed by atoms with Gasteiger partial charge in [0, 0.05) is 44.0 Å². The Hall–Kier alpha value is -3.12. The molecule has 1 aliphatic heterocycles. The molecule has 0 aliphatic carbocycles. The Morgan fingerprint density at radius 2 is 1.68 bits per heavy atom. The maximum absolute atomic E-state index is 6.41. The minimum absolute atomic E-state index is 0.401. The van der Waals surface area contributed by atoms with Gasteiger partial charge in [0.2, 0.25) is 0 Å². The fourth-order valence-electron chi connectivity index (χ4n) is 4.42. The maximum Gasteiger partial charge on any atom is 0.180 e. The van der Waals surface area contributed by atoms with Crippen LogP contribution in [0, 0.1) is 6.92 Å². The third-order valence-electron chi connectivity index (χ3n) is 6.31. The average molecular weight is 407 g/mol. The van der Waals surface area contributed by atoms with E-state index in [4.69, 9.17) is 12.8 Å². The predicted octanol–water partition coefficient (Wildman–Crippen LogP) is 3.61. The maximum atomic E-state index is 6.41. The van der Waals surface area contributed by atoms with Crippen molar-refractivity contribution in [3.63, 3.8) is 0 Å². The Bertz CT molecular complexity index is 1180. The Labute approximate surface area is 184 Å². The van der Waals surface area contributed by atoms with Crippen LogP contribution in [-0.2, 0) is 0 Å². The molecule has 1 fully saturated rings. The summed E-state index contributed by atoms with van der Waals surface area (Å²) in [7, 11) is 6.41. The Balaban J connectivity index is 1.40. The van der Waals surface area contributed by atoms with E-state index in [1.54, 1.807) is 6.20 Å². The van der Waals surface area contributed by atoms with Crippen LogP contribution in [0.5, 0.6) is 0 Å². The highest BCUT2D eigenvalue weighted by Gasteiger charge is 2.25. The molecule has 0 saturated carbocycles. The van der Waals surface area contributed by atoms with Gasteiger partial charge in [0.15, 0.2) is 5.65 Å². The number of benzene rings is 2. The van der Waals surface area contributed by atoms with E-state index in [0.717, 1.165) is 48.8 Å². The van der Waals surface area contributed by atoms with E-state index < -0.39 is 0 Å². The fraction of sp³-hybridized carbons (Fsp3) is 0.280. The number of anilines is 1. The van der Waals surface area contributed by atoms with Crippen LogP contribution in [0.1, 0.15) is 24.1 Å². The number of pyridine rings is 1. The van der Waals surface area contributed by atoms with Gasteiger partial charge >= 0.3 is 0 Å². The zero-order valence-electron chi connectivity index (χ0n) is 18.0. The number of piperazine rings is 1. The molecule has 0 amide bonds. The minimum Gasteiger partial charge on any atom is -0.368 e. The quantitative estimate of drug-likeness (QED) is 0.525. The van der Waals surface area contributed by atoms with E-state index in [2.05, 4.69) is 88.2 Å². The number of nitrogens with zero attached hydrogens (tertiary/aromatic N) is 4. The highest BCUT2D eigenvalue weighted by atomic mass is 15.3. The summed E-state index contributed by atoms with van der Waals surface area (Å²) in [5.74, 6) is 0.825. The van der Waals surface area contributed by atoms with Crippen molar-refractivity contribution < 1.29 is 0 Å². The number of rotatable bonds is 4. The predicted molar refractivity (Wildman–Crippen MR) is 128 cm³/mol. The first-order chi connectivity index (χ1) is 15.1. The SMILES string of the molecule is [B]c1cnc2nc(-c3ccc(C)cc3)[nH]c2c1N1CCN(C(C)c2ccccc2)CC1. The summed E-state index contributed by atoms with van der Waals surface area (Å²) in [5, 5.41) is 0. The normalized spacial score (nSPS) is 16.0. The molecule has 0 bridgehead atoms. The molecule has 31 heavy (non-hydrogen) atoms. The molecule has 1 unspecified atom stereocenters. The van der Waals surface area contributed by atoms with Gasteiger partial charge < -0.3 is 9.88 Å². The zero-order chi connectivity index (χ0) is 21.4. The van der Waals surface area contributed by atoms with Gasteiger partial charge in [-0.25, -0.2) is 9.97 Å². The molecule has 3 heterocycles. The lowest BCUT2D eigenvalue weighted by atomic mass is 9.94. The average Bonchev–Trinajstić information content (AvgIpc) is 3.24. The molecule has 2 radical (unpaired) electrons. The number of aryl methyl sites for hydroxylation is 1. The van der Waals surface area contributed by atoms with Crippen molar-refractivity contribution in [3.05, 3.63) is 71.9 Å². The summed E-state index contributed by atoms with van der Waals surface area (Å²) in [4.78, 5) is 17.6. The molecule has 1 N–H and O–H groups in total. The van der Waals surface area contributed by atoms with Crippen molar-refractivity contribution in [1.29, 1.82) is 0 Å². The minimum atomic E-state index is 0.401. The third kappa shape index (κ3) is 3.84. The summed E-state index contributed by atoms with van der Waals surface area (Å²) in [6.07, 6.45) is 1.73. The lowest BCUT2D eigenvalue weighted by molar-refractivity contribution is 0.199. The van der Waals surface area contributed by atoms with Crippen LogP contribution < -0.4 is 10.4 Å². The zero-order valence-corrected chi connectivity index (χ0v) is 18.0. The molecule has 5 rings (SSSR count). The lowest BCUT2D eigenvalue weighted by Gasteiger charge is -2.40. The molecule has 1 atom stereocenters. The van der Waals surface area contributed by atoms with Crippen LogP contribution in [0.3, 0.4) is 0 Å². The van der Waals surface area contributed by atoms with Gasteiger partial charge in [-0.15, -0.1) is 0 Å². The van der Waals surface area contributed by atoms with Crippen molar-refractivity contribution in [1.82, 2.24) is 19.9 Å². The molecule has 5 nitrogen and oxygen atoms in total. The molecular weight excluding hydrogens is 381 g/mol. The first-order valence-electron chi connectivity index (χ1n) is 10.9. The highest BCUT2D eigenvalue weighted by molar-refractivity contribution is 6.37. The van der Waals surface area contributed by atoms with E-state index in [-0.39, 0.29) is 0 Å². The number of H-pyrrole nitrogens is 1. The Kier molecular flexibility index (Phi) is 5.24. The topological polar surface area (TPSA) is 48.1 Å². The first kappa shape index (κ1) is 19.8. The summed E-state index contributed by atoms with van der Waals surface area (Å²) >= 11 is 0. The number of nitrogens with one attached hydrogen (secondary N) is 1. The lowest BCUT2D eigenvalue weighted by Crippen LogP contribution is -2.48. The molecule has 1 saturated heterocycles. The molecule has 1 aliphatic rings. The Morgan fingerprint density at radius 1 is 0.968 bits per heavy atom. The number of fused-ring (bicyclic) bond motifs is 1. The molecule has 154 valence electrons. The van der Waals surface area contributed by atoms with Gasteiger partial charge in [-0.2, -0.15) is 0 Å².